The number of hydrogen-bond donors (Lipinski definition) is 0. The molecule has 0 unspecified atom stereocenters. The molecule has 27 heavy (non-hydrogen) atoms. The first-order chi connectivity index (χ1) is 12.8. The molecule has 140 valence electrons. The molecule has 0 radical (unpaired) electrons. The quantitative estimate of drug-likeness (QED) is 0.445. The van der Waals surface area contributed by atoms with E-state index in [-0.39, 0.29) is 12.0 Å². The predicted molar refractivity (Wildman–Crippen MR) is 108 cm³/mol. The number of furan rings is 1. The summed E-state index contributed by atoms with van der Waals surface area (Å²) in [6, 6.07) is 16.3. The van der Waals surface area contributed by atoms with Crippen molar-refractivity contribution in [3.63, 3.8) is 0 Å². The normalized spacial score (nSPS) is 11.4. The summed E-state index contributed by atoms with van der Waals surface area (Å²) in [5, 5.41) is 0.883. The molecule has 1 aromatic heterocycles. The summed E-state index contributed by atoms with van der Waals surface area (Å²) in [5.41, 5.74) is 2.40. The van der Waals surface area contributed by atoms with E-state index in [2.05, 4.69) is 20.8 Å². The number of benzene rings is 2. The molecule has 0 fully saturated rings. The van der Waals surface area contributed by atoms with Gasteiger partial charge in [-0.2, -0.15) is 0 Å². The van der Waals surface area contributed by atoms with Gasteiger partial charge in [0.1, 0.15) is 18.1 Å². The van der Waals surface area contributed by atoms with Crippen LogP contribution in [0, 0.1) is 0 Å². The molecule has 0 N–H and O–H groups in total. The molecule has 0 amide bonds. The Morgan fingerprint density at radius 1 is 1.00 bits per heavy atom. The van der Waals surface area contributed by atoms with Crippen molar-refractivity contribution in [3.8, 4) is 11.3 Å². The van der Waals surface area contributed by atoms with Crippen LogP contribution < -0.4 is 0 Å². The summed E-state index contributed by atoms with van der Waals surface area (Å²) in [6.07, 6.45) is 0. The molecule has 0 saturated heterocycles. The highest BCUT2D eigenvalue weighted by Crippen LogP contribution is 2.34. The number of hydrogen-bond acceptors (Lipinski definition) is 3. The minimum absolute atomic E-state index is 0.0363. The number of ether oxygens (including phenoxy) is 1. The second kappa shape index (κ2) is 7.79. The van der Waals surface area contributed by atoms with Crippen molar-refractivity contribution in [1.82, 2.24) is 0 Å². The fourth-order valence-corrected chi connectivity index (χ4v) is 3.01. The zero-order valence-electron chi connectivity index (χ0n) is 15.4. The third kappa shape index (κ3) is 4.55. The summed E-state index contributed by atoms with van der Waals surface area (Å²) in [5.74, 6) is 0.706. The summed E-state index contributed by atoms with van der Waals surface area (Å²) in [6.45, 7) is 6.42. The maximum atomic E-state index is 12.3. The highest BCUT2D eigenvalue weighted by atomic mass is 35.5. The van der Waals surface area contributed by atoms with Gasteiger partial charge in [-0.1, -0.05) is 62.2 Å². The lowest BCUT2D eigenvalue weighted by molar-refractivity contribution is 0.0446. The Bertz CT molecular complexity index is 950. The van der Waals surface area contributed by atoms with Crippen molar-refractivity contribution in [2.45, 2.75) is 32.8 Å². The van der Waals surface area contributed by atoms with Crippen molar-refractivity contribution in [1.29, 1.82) is 0 Å². The van der Waals surface area contributed by atoms with Gasteiger partial charge in [0.15, 0.2) is 0 Å². The second-order valence-electron chi connectivity index (χ2n) is 7.27. The first-order valence-corrected chi connectivity index (χ1v) is 9.32. The molecule has 0 aliphatic rings. The van der Waals surface area contributed by atoms with E-state index in [1.54, 1.807) is 36.4 Å². The second-order valence-corrected chi connectivity index (χ2v) is 8.06. The lowest BCUT2D eigenvalue weighted by Gasteiger charge is -2.18. The van der Waals surface area contributed by atoms with Crippen LogP contribution >= 0.6 is 23.2 Å². The summed E-state index contributed by atoms with van der Waals surface area (Å²) < 4.78 is 11.1. The monoisotopic (exact) mass is 402 g/mol. The zero-order chi connectivity index (χ0) is 19.6. The van der Waals surface area contributed by atoms with Crippen molar-refractivity contribution in [2.24, 2.45) is 0 Å². The van der Waals surface area contributed by atoms with Gasteiger partial charge in [0.2, 0.25) is 0 Å². The Balaban J connectivity index is 1.66. The van der Waals surface area contributed by atoms with E-state index < -0.39 is 5.97 Å². The molecule has 0 spiro atoms. The van der Waals surface area contributed by atoms with Crippen LogP contribution in [0.4, 0.5) is 0 Å². The Labute approximate surface area is 168 Å². The molecule has 2 aromatic carbocycles. The van der Waals surface area contributed by atoms with Crippen molar-refractivity contribution in [2.75, 3.05) is 0 Å². The van der Waals surface area contributed by atoms with Gasteiger partial charge in [-0.15, -0.1) is 0 Å². The van der Waals surface area contributed by atoms with Gasteiger partial charge >= 0.3 is 5.97 Å². The molecule has 1 heterocycles. The SMILES string of the molecule is CC(C)(C)c1ccc(C(=O)OCc2ccc(-c3cccc(Cl)c3Cl)o2)cc1. The predicted octanol–water partition coefficient (Wildman–Crippen LogP) is 6.91. The van der Waals surface area contributed by atoms with Crippen LogP contribution in [0.25, 0.3) is 11.3 Å². The highest BCUT2D eigenvalue weighted by molar-refractivity contribution is 6.43. The summed E-state index contributed by atoms with van der Waals surface area (Å²) >= 11 is 12.2. The number of rotatable bonds is 4. The van der Waals surface area contributed by atoms with Gasteiger partial charge in [0, 0.05) is 5.56 Å². The first-order valence-electron chi connectivity index (χ1n) is 8.56. The minimum atomic E-state index is -0.394. The van der Waals surface area contributed by atoms with E-state index in [9.17, 15) is 4.79 Å². The topological polar surface area (TPSA) is 39.4 Å². The van der Waals surface area contributed by atoms with E-state index in [4.69, 9.17) is 32.4 Å². The molecule has 3 rings (SSSR count). The van der Waals surface area contributed by atoms with Gasteiger partial charge in [-0.3, -0.25) is 0 Å². The molecule has 0 bridgehead atoms. The Morgan fingerprint density at radius 2 is 1.70 bits per heavy atom. The molecular weight excluding hydrogens is 383 g/mol. The average Bonchev–Trinajstić information content (AvgIpc) is 3.10. The third-order valence-electron chi connectivity index (χ3n) is 4.21. The fourth-order valence-electron chi connectivity index (χ4n) is 2.62. The number of carbonyl (C=O) groups excluding carboxylic acids is 1. The molecule has 3 aromatic rings. The fraction of sp³-hybridized carbons (Fsp3) is 0.227. The molecule has 0 aliphatic heterocycles. The molecule has 3 nitrogen and oxygen atoms in total. The van der Waals surface area contributed by atoms with E-state index in [1.807, 2.05) is 18.2 Å². The van der Waals surface area contributed by atoms with Crippen LogP contribution in [-0.2, 0) is 16.8 Å². The van der Waals surface area contributed by atoms with Gasteiger partial charge in [0.05, 0.1) is 15.6 Å². The van der Waals surface area contributed by atoms with Crippen molar-refractivity contribution in [3.05, 3.63) is 81.5 Å². The van der Waals surface area contributed by atoms with Crippen LogP contribution in [0.3, 0.4) is 0 Å². The van der Waals surface area contributed by atoms with Gasteiger partial charge < -0.3 is 9.15 Å². The minimum Gasteiger partial charge on any atom is -0.457 e. The number of halogens is 2. The maximum absolute atomic E-state index is 12.3. The van der Waals surface area contributed by atoms with Crippen molar-refractivity contribution < 1.29 is 13.9 Å². The van der Waals surface area contributed by atoms with E-state index in [0.29, 0.717) is 32.7 Å². The Morgan fingerprint density at radius 3 is 2.37 bits per heavy atom. The van der Waals surface area contributed by atoms with E-state index in [0.717, 1.165) is 5.56 Å². The first kappa shape index (κ1) is 19.5. The van der Waals surface area contributed by atoms with Crippen LogP contribution in [0.2, 0.25) is 10.0 Å². The smallest absolute Gasteiger partial charge is 0.338 e. The van der Waals surface area contributed by atoms with Crippen LogP contribution in [-0.4, -0.2) is 5.97 Å². The summed E-state index contributed by atoms with van der Waals surface area (Å²) in [7, 11) is 0. The molecular formula is C22H20Cl2O3. The molecule has 0 atom stereocenters. The third-order valence-corrected chi connectivity index (χ3v) is 5.03. The Kier molecular flexibility index (Phi) is 5.64. The average molecular weight is 403 g/mol. The van der Waals surface area contributed by atoms with Crippen LogP contribution in [0.5, 0.6) is 0 Å². The lowest BCUT2D eigenvalue weighted by Crippen LogP contribution is -2.11. The number of esters is 1. The highest BCUT2D eigenvalue weighted by Gasteiger charge is 2.16. The molecule has 5 heteroatoms. The van der Waals surface area contributed by atoms with Crippen molar-refractivity contribution >= 4 is 29.2 Å². The molecule has 0 aliphatic carbocycles. The zero-order valence-corrected chi connectivity index (χ0v) is 16.9. The standard InChI is InChI=1S/C22H20Cl2O3/c1-22(2,3)15-9-7-14(8-10-15)21(25)26-13-16-11-12-19(27-16)17-5-4-6-18(23)20(17)24/h4-12H,13H2,1-3H3. The van der Waals surface area contributed by atoms with Gasteiger partial charge in [-0.25, -0.2) is 4.79 Å². The van der Waals surface area contributed by atoms with E-state index in [1.165, 1.54) is 0 Å². The van der Waals surface area contributed by atoms with Crippen LogP contribution in [0.15, 0.2) is 59.0 Å². The number of carbonyl (C=O) groups is 1. The van der Waals surface area contributed by atoms with Gasteiger partial charge in [-0.05, 0) is 47.4 Å². The lowest BCUT2D eigenvalue weighted by atomic mass is 9.87. The summed E-state index contributed by atoms with van der Waals surface area (Å²) in [4.78, 5) is 12.3. The van der Waals surface area contributed by atoms with Gasteiger partial charge in [0.25, 0.3) is 0 Å². The Hall–Kier alpha value is -2.23. The maximum Gasteiger partial charge on any atom is 0.338 e. The van der Waals surface area contributed by atoms with E-state index >= 15 is 0 Å². The molecule has 0 saturated carbocycles. The largest absolute Gasteiger partial charge is 0.457 e. The van der Waals surface area contributed by atoms with Crippen LogP contribution in [0.1, 0.15) is 42.5 Å².